The van der Waals surface area contributed by atoms with Crippen molar-refractivity contribution in [1.29, 1.82) is 0 Å². The quantitative estimate of drug-likeness (QED) is 0.844. The smallest absolute Gasteiger partial charge is 0.147 e. The lowest BCUT2D eigenvalue weighted by Gasteiger charge is -2.32. The molecule has 2 saturated heterocycles. The van der Waals surface area contributed by atoms with Gasteiger partial charge in [-0.3, -0.25) is 4.90 Å². The first-order valence-electron chi connectivity index (χ1n) is 7.35. The second kappa shape index (κ2) is 6.01. The first kappa shape index (κ1) is 13.7. The number of aromatic nitrogens is 2. The molecule has 0 spiro atoms. The highest BCUT2D eigenvalue weighted by Crippen LogP contribution is 2.23. The Bertz CT molecular complexity index is 469. The van der Waals surface area contributed by atoms with E-state index in [0.29, 0.717) is 16.7 Å². The zero-order valence-electron chi connectivity index (χ0n) is 11.7. The highest BCUT2D eigenvalue weighted by atomic mass is 32.1. The molecule has 108 valence electrons. The van der Waals surface area contributed by atoms with E-state index in [4.69, 9.17) is 18.0 Å². The van der Waals surface area contributed by atoms with Gasteiger partial charge in [0, 0.05) is 19.1 Å². The Hall–Kier alpha value is -1.27. The summed E-state index contributed by atoms with van der Waals surface area (Å²) in [6, 6.07) is 0.673. The molecule has 0 saturated carbocycles. The van der Waals surface area contributed by atoms with Crippen LogP contribution >= 0.6 is 12.2 Å². The molecule has 20 heavy (non-hydrogen) atoms. The van der Waals surface area contributed by atoms with Gasteiger partial charge in [0.25, 0.3) is 0 Å². The molecule has 2 N–H and O–H groups in total. The average Bonchev–Trinajstić information content (AvgIpc) is 2.98. The Morgan fingerprint density at radius 2 is 1.95 bits per heavy atom. The van der Waals surface area contributed by atoms with E-state index in [-0.39, 0.29) is 0 Å². The lowest BCUT2D eigenvalue weighted by atomic mass is 10.1. The fourth-order valence-corrected chi connectivity index (χ4v) is 3.25. The number of nitrogens with zero attached hydrogens (tertiary/aromatic N) is 4. The van der Waals surface area contributed by atoms with Gasteiger partial charge < -0.3 is 10.6 Å². The topological polar surface area (TPSA) is 58.3 Å². The first-order chi connectivity index (χ1) is 9.74. The highest BCUT2D eigenvalue weighted by Gasteiger charge is 2.29. The van der Waals surface area contributed by atoms with E-state index in [0.717, 1.165) is 18.9 Å². The normalized spacial score (nSPS) is 24.0. The number of hydrogen-bond donors (Lipinski definition) is 1. The molecule has 1 atom stereocenters. The van der Waals surface area contributed by atoms with Crippen molar-refractivity contribution in [2.45, 2.75) is 31.7 Å². The van der Waals surface area contributed by atoms with Gasteiger partial charge >= 0.3 is 0 Å². The van der Waals surface area contributed by atoms with Crippen LogP contribution in [0.1, 0.15) is 31.4 Å². The molecule has 0 aromatic carbocycles. The molecular weight excluding hydrogens is 270 g/mol. The molecule has 3 rings (SSSR count). The van der Waals surface area contributed by atoms with Crippen molar-refractivity contribution in [2.24, 2.45) is 5.73 Å². The number of thiocarbonyl (C=S) groups is 1. The third-order valence-electron chi connectivity index (χ3n) is 4.29. The SMILES string of the molecule is NC(=S)c1cnc(N2CCC(N3CCCCC3)C2)cn1. The number of rotatable bonds is 3. The minimum atomic E-state index is 0.302. The van der Waals surface area contributed by atoms with E-state index in [1.807, 2.05) is 0 Å². The molecule has 3 heterocycles. The number of likely N-dealkylation sites (tertiary alicyclic amines) is 1. The van der Waals surface area contributed by atoms with Crippen LogP contribution in [-0.4, -0.2) is 52.1 Å². The van der Waals surface area contributed by atoms with Crippen LogP contribution in [0.2, 0.25) is 0 Å². The zero-order chi connectivity index (χ0) is 13.9. The molecule has 5 nitrogen and oxygen atoms in total. The Morgan fingerprint density at radius 1 is 1.15 bits per heavy atom. The van der Waals surface area contributed by atoms with Crippen LogP contribution in [0.4, 0.5) is 5.82 Å². The predicted octanol–water partition coefficient (Wildman–Crippen LogP) is 1.18. The first-order valence-corrected chi connectivity index (χ1v) is 7.76. The molecule has 1 aromatic heterocycles. The fraction of sp³-hybridized carbons (Fsp3) is 0.643. The van der Waals surface area contributed by atoms with E-state index >= 15 is 0 Å². The molecule has 6 heteroatoms. The van der Waals surface area contributed by atoms with Crippen LogP contribution in [0.3, 0.4) is 0 Å². The van der Waals surface area contributed by atoms with Gasteiger partial charge in [-0.05, 0) is 32.4 Å². The van der Waals surface area contributed by atoms with Gasteiger partial charge in [0.05, 0.1) is 12.4 Å². The predicted molar refractivity (Wildman–Crippen MR) is 84.0 cm³/mol. The Labute approximate surface area is 125 Å². The monoisotopic (exact) mass is 291 g/mol. The molecular formula is C14H21N5S. The summed E-state index contributed by atoms with van der Waals surface area (Å²) >= 11 is 4.90. The van der Waals surface area contributed by atoms with Gasteiger partial charge in [0.2, 0.25) is 0 Å². The average molecular weight is 291 g/mol. The zero-order valence-corrected chi connectivity index (χ0v) is 12.5. The second-order valence-corrected chi connectivity index (χ2v) is 6.05. The van der Waals surface area contributed by atoms with Gasteiger partial charge in [-0.15, -0.1) is 0 Å². The molecule has 0 amide bonds. The van der Waals surface area contributed by atoms with Gasteiger partial charge in [-0.2, -0.15) is 0 Å². The number of nitrogens with two attached hydrogens (primary N) is 1. The molecule has 1 aromatic rings. The van der Waals surface area contributed by atoms with E-state index in [9.17, 15) is 0 Å². The van der Waals surface area contributed by atoms with Crippen LogP contribution < -0.4 is 10.6 Å². The third-order valence-corrected chi connectivity index (χ3v) is 4.49. The summed E-state index contributed by atoms with van der Waals surface area (Å²) in [6.07, 6.45) is 8.76. The summed E-state index contributed by atoms with van der Waals surface area (Å²) in [5.74, 6) is 0.935. The minimum Gasteiger partial charge on any atom is -0.388 e. The maximum Gasteiger partial charge on any atom is 0.147 e. The van der Waals surface area contributed by atoms with Crippen molar-refractivity contribution in [2.75, 3.05) is 31.1 Å². The number of anilines is 1. The van der Waals surface area contributed by atoms with Crippen molar-refractivity contribution in [1.82, 2.24) is 14.9 Å². The Balaban J connectivity index is 1.62. The van der Waals surface area contributed by atoms with Crippen LogP contribution in [0, 0.1) is 0 Å². The van der Waals surface area contributed by atoms with Crippen LogP contribution in [0.15, 0.2) is 12.4 Å². The standard InChI is InChI=1S/C14H21N5S/c15-14(20)12-8-17-13(9-16-12)19-7-4-11(10-19)18-5-2-1-3-6-18/h8-9,11H,1-7,10H2,(H2,15,20). The fourth-order valence-electron chi connectivity index (χ4n) is 3.14. The summed E-state index contributed by atoms with van der Waals surface area (Å²) in [5, 5.41) is 0. The van der Waals surface area contributed by atoms with Crippen LogP contribution in [0.5, 0.6) is 0 Å². The van der Waals surface area contributed by atoms with E-state index in [1.54, 1.807) is 12.4 Å². The summed E-state index contributed by atoms with van der Waals surface area (Å²) in [7, 11) is 0. The summed E-state index contributed by atoms with van der Waals surface area (Å²) in [5.41, 5.74) is 6.14. The molecule has 0 bridgehead atoms. The van der Waals surface area contributed by atoms with Crippen LogP contribution in [0.25, 0.3) is 0 Å². The summed E-state index contributed by atoms with van der Waals surface area (Å²) < 4.78 is 0. The summed E-state index contributed by atoms with van der Waals surface area (Å²) in [6.45, 7) is 4.62. The van der Waals surface area contributed by atoms with Gasteiger partial charge in [0.15, 0.2) is 0 Å². The molecule has 0 radical (unpaired) electrons. The highest BCUT2D eigenvalue weighted by molar-refractivity contribution is 7.80. The van der Waals surface area contributed by atoms with Crippen molar-refractivity contribution in [3.63, 3.8) is 0 Å². The third kappa shape index (κ3) is 2.91. The Kier molecular flexibility index (Phi) is 4.12. The minimum absolute atomic E-state index is 0.302. The van der Waals surface area contributed by atoms with Crippen LogP contribution in [-0.2, 0) is 0 Å². The van der Waals surface area contributed by atoms with Crippen molar-refractivity contribution in [3.8, 4) is 0 Å². The van der Waals surface area contributed by atoms with E-state index in [1.165, 1.54) is 38.8 Å². The van der Waals surface area contributed by atoms with Gasteiger partial charge in [-0.25, -0.2) is 9.97 Å². The Morgan fingerprint density at radius 3 is 2.60 bits per heavy atom. The molecule has 2 fully saturated rings. The second-order valence-electron chi connectivity index (χ2n) is 5.61. The van der Waals surface area contributed by atoms with Crippen molar-refractivity contribution in [3.05, 3.63) is 18.1 Å². The number of piperidine rings is 1. The van der Waals surface area contributed by atoms with Gasteiger partial charge in [0.1, 0.15) is 16.5 Å². The molecule has 0 aliphatic carbocycles. The molecule has 2 aliphatic rings. The van der Waals surface area contributed by atoms with Crippen molar-refractivity contribution >= 4 is 23.0 Å². The maximum absolute atomic E-state index is 5.55. The van der Waals surface area contributed by atoms with E-state index in [2.05, 4.69) is 19.8 Å². The lowest BCUT2D eigenvalue weighted by molar-refractivity contribution is 0.175. The van der Waals surface area contributed by atoms with Gasteiger partial charge in [-0.1, -0.05) is 18.6 Å². The van der Waals surface area contributed by atoms with Crippen molar-refractivity contribution < 1.29 is 0 Å². The number of hydrogen-bond acceptors (Lipinski definition) is 5. The molecule has 1 unspecified atom stereocenters. The maximum atomic E-state index is 5.55. The van der Waals surface area contributed by atoms with E-state index < -0.39 is 0 Å². The summed E-state index contributed by atoms with van der Waals surface area (Å²) in [4.78, 5) is 14.0. The largest absolute Gasteiger partial charge is 0.388 e. The molecule has 2 aliphatic heterocycles. The lowest BCUT2D eigenvalue weighted by Crippen LogP contribution is -2.41.